The summed E-state index contributed by atoms with van der Waals surface area (Å²) in [4.78, 5) is 26.4. The van der Waals surface area contributed by atoms with Crippen LogP contribution in [0.5, 0.6) is 0 Å². The number of carbonyl (C=O) groups is 1. The maximum Gasteiger partial charge on any atom is 0.272 e. The molecule has 1 N–H and O–H groups in total. The average Bonchev–Trinajstić information content (AvgIpc) is 2.86. The third kappa shape index (κ3) is 6.37. The quantitative estimate of drug-likeness (QED) is 0.621. The molecule has 0 aliphatic carbocycles. The molecule has 7 nitrogen and oxygen atoms in total. The molecule has 0 radical (unpaired) electrons. The third-order valence-corrected chi connectivity index (χ3v) is 6.97. The van der Waals surface area contributed by atoms with Gasteiger partial charge in [0.2, 0.25) is 0 Å². The Morgan fingerprint density at radius 2 is 1.79 bits per heavy atom. The molecule has 4 rings (SSSR count). The molecular formula is C26H36N4O3. The number of likely N-dealkylation sites (tertiary alicyclic amines) is 2. The number of ether oxygens (including phenoxy) is 1. The maximum atomic E-state index is 13.2. The van der Waals surface area contributed by atoms with Gasteiger partial charge in [-0.2, -0.15) is 0 Å². The van der Waals surface area contributed by atoms with Crippen LogP contribution in [-0.2, 0) is 17.8 Å². The second-order valence-corrected chi connectivity index (χ2v) is 9.23. The minimum Gasteiger partial charge on any atom is -0.393 e. The molecule has 2 fully saturated rings. The van der Waals surface area contributed by atoms with Crippen LogP contribution < -0.4 is 0 Å². The number of rotatable bonds is 8. The molecule has 0 atom stereocenters. The number of benzene rings is 1. The first-order chi connectivity index (χ1) is 16.1. The van der Waals surface area contributed by atoms with E-state index in [2.05, 4.69) is 27.0 Å². The number of aliphatic hydroxyl groups excluding tert-OH is 1. The highest BCUT2D eigenvalue weighted by atomic mass is 16.5. The van der Waals surface area contributed by atoms with E-state index in [9.17, 15) is 9.90 Å². The van der Waals surface area contributed by atoms with Crippen molar-refractivity contribution in [2.45, 2.75) is 64.2 Å². The first kappa shape index (κ1) is 23.8. The van der Waals surface area contributed by atoms with Gasteiger partial charge in [0.15, 0.2) is 0 Å². The minimum atomic E-state index is -0.145. The summed E-state index contributed by atoms with van der Waals surface area (Å²) in [5, 5.41) is 9.74. The van der Waals surface area contributed by atoms with Gasteiger partial charge in [-0.15, -0.1) is 0 Å². The van der Waals surface area contributed by atoms with Crippen molar-refractivity contribution in [3.8, 4) is 0 Å². The van der Waals surface area contributed by atoms with Gasteiger partial charge in [-0.3, -0.25) is 4.79 Å². The van der Waals surface area contributed by atoms with Gasteiger partial charge in [0.25, 0.3) is 5.91 Å². The van der Waals surface area contributed by atoms with Crippen LogP contribution in [0.3, 0.4) is 0 Å². The molecule has 2 saturated heterocycles. The normalized spacial score (nSPS) is 18.5. The molecule has 1 amide bonds. The standard InChI is InChI=1S/C26H36N4O3/c1-20-24(8-5-17-33-18-21-6-3-2-4-7-21)27-19-28-25(20)26(32)30-13-9-22(10-14-30)29-15-11-23(31)12-16-29/h2-4,6-7,19,22-23,31H,5,8-18H2,1H3. The van der Waals surface area contributed by atoms with Gasteiger partial charge in [0.05, 0.1) is 12.7 Å². The van der Waals surface area contributed by atoms with Crippen molar-refractivity contribution in [1.82, 2.24) is 19.8 Å². The Balaban J connectivity index is 1.25. The van der Waals surface area contributed by atoms with Crippen LogP contribution >= 0.6 is 0 Å². The summed E-state index contributed by atoms with van der Waals surface area (Å²) in [6.07, 6.45) is 6.69. The maximum absolute atomic E-state index is 13.2. The Morgan fingerprint density at radius 3 is 2.52 bits per heavy atom. The first-order valence-electron chi connectivity index (χ1n) is 12.3. The Bertz CT molecular complexity index is 892. The fourth-order valence-corrected chi connectivity index (χ4v) is 4.90. The number of amides is 1. The minimum absolute atomic E-state index is 0.0176. The van der Waals surface area contributed by atoms with Crippen LogP contribution in [0.25, 0.3) is 0 Å². The summed E-state index contributed by atoms with van der Waals surface area (Å²) in [5.41, 5.74) is 3.52. The highest BCUT2D eigenvalue weighted by molar-refractivity contribution is 5.93. The smallest absolute Gasteiger partial charge is 0.272 e. The number of piperidine rings is 2. The average molecular weight is 453 g/mol. The Morgan fingerprint density at radius 1 is 1.06 bits per heavy atom. The molecule has 33 heavy (non-hydrogen) atoms. The number of carbonyl (C=O) groups excluding carboxylic acids is 1. The molecule has 1 aromatic carbocycles. The Hall–Kier alpha value is -2.35. The highest BCUT2D eigenvalue weighted by Crippen LogP contribution is 2.23. The monoisotopic (exact) mass is 452 g/mol. The van der Waals surface area contributed by atoms with Crippen LogP contribution in [0.15, 0.2) is 36.7 Å². The van der Waals surface area contributed by atoms with Crippen molar-refractivity contribution < 1.29 is 14.6 Å². The summed E-state index contributed by atoms with van der Waals surface area (Å²) < 4.78 is 5.78. The fourth-order valence-electron chi connectivity index (χ4n) is 4.90. The molecular weight excluding hydrogens is 416 g/mol. The van der Waals surface area contributed by atoms with Crippen LogP contribution in [0, 0.1) is 6.92 Å². The van der Waals surface area contributed by atoms with Gasteiger partial charge in [-0.1, -0.05) is 30.3 Å². The molecule has 2 aromatic rings. The zero-order valence-corrected chi connectivity index (χ0v) is 19.7. The summed E-state index contributed by atoms with van der Waals surface area (Å²) in [7, 11) is 0. The van der Waals surface area contributed by atoms with Crippen molar-refractivity contribution in [3.05, 3.63) is 59.2 Å². The van der Waals surface area contributed by atoms with Crippen LogP contribution in [-0.4, -0.2) is 75.7 Å². The van der Waals surface area contributed by atoms with Crippen LogP contribution in [0.4, 0.5) is 0 Å². The number of hydrogen-bond donors (Lipinski definition) is 1. The Kier molecular flexibility index (Phi) is 8.42. The lowest BCUT2D eigenvalue weighted by molar-refractivity contribution is 0.0355. The van der Waals surface area contributed by atoms with Crippen molar-refractivity contribution >= 4 is 5.91 Å². The molecule has 0 bridgehead atoms. The van der Waals surface area contributed by atoms with E-state index >= 15 is 0 Å². The van der Waals surface area contributed by atoms with Crippen molar-refractivity contribution in [2.24, 2.45) is 0 Å². The summed E-state index contributed by atoms with van der Waals surface area (Å²) in [6.45, 7) is 6.67. The zero-order valence-electron chi connectivity index (χ0n) is 19.7. The number of aromatic nitrogens is 2. The Labute approximate surface area is 196 Å². The predicted octanol–water partition coefficient (Wildman–Crippen LogP) is 3.00. The fraction of sp³-hybridized carbons (Fsp3) is 0.577. The van der Waals surface area contributed by atoms with Gasteiger partial charge in [-0.25, -0.2) is 9.97 Å². The van der Waals surface area contributed by atoms with E-state index in [1.165, 1.54) is 11.9 Å². The lowest BCUT2D eigenvalue weighted by Gasteiger charge is -2.41. The second kappa shape index (κ2) is 11.7. The zero-order chi connectivity index (χ0) is 23.0. The summed E-state index contributed by atoms with van der Waals surface area (Å²) in [5.74, 6) is 0.0176. The van der Waals surface area contributed by atoms with Gasteiger partial charge in [-0.05, 0) is 51.0 Å². The number of hydrogen-bond acceptors (Lipinski definition) is 6. The molecule has 2 aliphatic heterocycles. The molecule has 0 spiro atoms. The lowest BCUT2D eigenvalue weighted by atomic mass is 9.98. The van der Waals surface area contributed by atoms with Crippen LogP contribution in [0.2, 0.25) is 0 Å². The van der Waals surface area contributed by atoms with E-state index in [1.807, 2.05) is 30.0 Å². The van der Waals surface area contributed by atoms with E-state index in [1.54, 1.807) is 0 Å². The predicted molar refractivity (Wildman–Crippen MR) is 127 cm³/mol. The summed E-state index contributed by atoms with van der Waals surface area (Å²) in [6, 6.07) is 10.7. The van der Waals surface area contributed by atoms with Gasteiger partial charge < -0.3 is 19.6 Å². The molecule has 3 heterocycles. The lowest BCUT2D eigenvalue weighted by Crippen LogP contribution is -2.49. The largest absolute Gasteiger partial charge is 0.393 e. The van der Waals surface area contributed by atoms with E-state index in [0.717, 1.165) is 76.0 Å². The molecule has 178 valence electrons. The second-order valence-electron chi connectivity index (χ2n) is 9.23. The SMILES string of the molecule is Cc1c(CCCOCc2ccccc2)ncnc1C(=O)N1CCC(N2CCC(O)CC2)CC1. The topological polar surface area (TPSA) is 78.8 Å². The number of aliphatic hydroxyl groups is 1. The van der Waals surface area contributed by atoms with Gasteiger partial charge in [0, 0.05) is 50.1 Å². The van der Waals surface area contributed by atoms with Crippen LogP contribution in [0.1, 0.15) is 59.4 Å². The molecule has 1 aromatic heterocycles. The summed E-state index contributed by atoms with van der Waals surface area (Å²) >= 11 is 0. The van der Waals surface area contributed by atoms with Crippen molar-refractivity contribution in [1.29, 1.82) is 0 Å². The molecule has 0 saturated carbocycles. The van der Waals surface area contributed by atoms with Gasteiger partial charge >= 0.3 is 0 Å². The number of nitrogens with zero attached hydrogens (tertiary/aromatic N) is 4. The van der Waals surface area contributed by atoms with Gasteiger partial charge in [0.1, 0.15) is 12.0 Å². The van der Waals surface area contributed by atoms with E-state index < -0.39 is 0 Å². The van der Waals surface area contributed by atoms with Crippen molar-refractivity contribution in [2.75, 3.05) is 32.8 Å². The first-order valence-corrected chi connectivity index (χ1v) is 12.3. The van der Waals surface area contributed by atoms with Crippen molar-refractivity contribution in [3.63, 3.8) is 0 Å². The molecule has 7 heteroatoms. The molecule has 2 aliphatic rings. The highest BCUT2D eigenvalue weighted by Gasteiger charge is 2.30. The number of aryl methyl sites for hydroxylation is 1. The third-order valence-electron chi connectivity index (χ3n) is 6.97. The van der Waals surface area contributed by atoms with E-state index in [0.29, 0.717) is 24.9 Å². The van der Waals surface area contributed by atoms with E-state index in [4.69, 9.17) is 4.74 Å². The molecule has 0 unspecified atom stereocenters. The van der Waals surface area contributed by atoms with E-state index in [-0.39, 0.29) is 12.0 Å².